The summed E-state index contributed by atoms with van der Waals surface area (Å²) in [4.78, 5) is 0. The molecule has 0 saturated heterocycles. The first kappa shape index (κ1) is 7.00. The van der Waals surface area contributed by atoms with Gasteiger partial charge in [0, 0.05) is 0 Å². The second-order valence-corrected chi connectivity index (χ2v) is 2.39. The molecule has 0 unspecified atom stereocenters. The van der Waals surface area contributed by atoms with E-state index in [2.05, 4.69) is 32.0 Å². The van der Waals surface area contributed by atoms with Gasteiger partial charge in [0.1, 0.15) is 0 Å². The first-order chi connectivity index (χ1) is 2.81. The quantitative estimate of drug-likeness (QED) is 0.618. The Bertz CT molecular complexity index is 28.0. The average molecular weight is 216 g/mol. The van der Waals surface area contributed by atoms with E-state index < -0.39 is 0 Å². The van der Waals surface area contributed by atoms with Crippen LogP contribution in [0.1, 0.15) is 0 Å². The third kappa shape index (κ3) is 3.20. The van der Waals surface area contributed by atoms with Gasteiger partial charge in [-0.2, -0.15) is 0 Å². The molecule has 1 nitrogen and oxygen atoms in total. The van der Waals surface area contributed by atoms with Crippen LogP contribution in [0.15, 0.2) is 0 Å². The van der Waals surface area contributed by atoms with Crippen molar-refractivity contribution >= 4 is 32.0 Å². The van der Waals surface area contributed by atoms with Gasteiger partial charge >= 0.3 is 53.9 Å². The maximum absolute atomic E-state index is 8.60. The van der Waals surface area contributed by atoms with Gasteiger partial charge in [0.05, 0.1) is 0 Å². The molecule has 0 saturated carbocycles. The summed E-state index contributed by atoms with van der Waals surface area (Å²) in [6.45, 7) is 0. The number of aliphatic hydroxyl groups excluding tert-OH is 1. The molecular weight excluding hydrogens is 210 g/mol. The summed E-state index contributed by atoms with van der Waals surface area (Å²) >= 11 is 5.45. The Kier molecular flexibility index (Phi) is 4.86. The molecule has 0 heterocycles. The monoisotopic (exact) mass is 218 g/mol. The second kappa shape index (κ2) is 4.17. The van der Waals surface area contributed by atoms with Gasteiger partial charge in [-0.15, -0.1) is 0 Å². The van der Waals surface area contributed by atoms with Crippen LogP contribution in [0.3, 0.4) is 0 Å². The third-order valence-corrected chi connectivity index (χ3v) is 2.00. The van der Waals surface area contributed by atoms with E-state index in [0.717, 1.165) is 10.6 Å². The number of rotatable bonds is 2. The number of hydrogen-bond donors (Lipinski definition) is 1. The number of aliphatic hydroxyl groups is 1. The van der Waals surface area contributed by atoms with Crippen molar-refractivity contribution in [2.24, 2.45) is 0 Å². The standard InChI is InChI=1S/C3H6OSe2/c4-3(1-5)2-6/h3-4H,1-2H2. The van der Waals surface area contributed by atoms with Gasteiger partial charge in [-0.25, -0.2) is 0 Å². The molecule has 0 fully saturated rings. The van der Waals surface area contributed by atoms with Crippen LogP contribution in [0.4, 0.5) is 0 Å². The molecule has 0 aromatic carbocycles. The molecule has 6 heavy (non-hydrogen) atoms. The Morgan fingerprint density at radius 2 is 1.67 bits per heavy atom. The molecule has 0 aliphatic rings. The van der Waals surface area contributed by atoms with Gasteiger partial charge in [-0.1, -0.05) is 0 Å². The molecule has 2 radical (unpaired) electrons. The van der Waals surface area contributed by atoms with E-state index in [9.17, 15) is 0 Å². The normalized spacial score (nSPS) is 10.0. The number of hydrogen-bond acceptors (Lipinski definition) is 1. The maximum atomic E-state index is 8.60. The fraction of sp³-hybridized carbons (Fsp3) is 1.00. The first-order valence-electron chi connectivity index (χ1n) is 1.65. The molecule has 0 amide bonds. The molecular formula is C3H6OSe2. The summed E-state index contributed by atoms with van der Waals surface area (Å²) in [7, 11) is 0. The summed E-state index contributed by atoms with van der Waals surface area (Å²) in [6, 6.07) is 0. The fourth-order valence-corrected chi connectivity index (χ4v) is 1.30. The average Bonchev–Trinajstić information content (AvgIpc) is 1.65. The zero-order valence-corrected chi connectivity index (χ0v) is 6.68. The summed E-state index contributed by atoms with van der Waals surface area (Å²) < 4.78 is 0. The van der Waals surface area contributed by atoms with Crippen LogP contribution in [-0.4, -0.2) is 43.2 Å². The van der Waals surface area contributed by atoms with Crippen LogP contribution in [-0.2, 0) is 0 Å². The van der Waals surface area contributed by atoms with Crippen LogP contribution in [0.2, 0.25) is 10.6 Å². The molecule has 3 heteroatoms. The van der Waals surface area contributed by atoms with Crippen molar-refractivity contribution in [3.05, 3.63) is 0 Å². The van der Waals surface area contributed by atoms with E-state index in [1.54, 1.807) is 0 Å². The Labute approximate surface area is 54.1 Å². The molecule has 0 atom stereocenters. The molecule has 0 aromatic heterocycles. The van der Waals surface area contributed by atoms with Crippen molar-refractivity contribution in [2.45, 2.75) is 16.7 Å². The van der Waals surface area contributed by atoms with E-state index in [-0.39, 0.29) is 6.10 Å². The SMILES string of the molecule is OC(C[Se])C[Se]. The van der Waals surface area contributed by atoms with Crippen molar-refractivity contribution in [2.75, 3.05) is 0 Å². The second-order valence-electron chi connectivity index (χ2n) is 0.987. The van der Waals surface area contributed by atoms with Crippen molar-refractivity contribution in [1.82, 2.24) is 0 Å². The molecule has 36 valence electrons. The van der Waals surface area contributed by atoms with E-state index in [4.69, 9.17) is 5.11 Å². The van der Waals surface area contributed by atoms with E-state index in [1.807, 2.05) is 0 Å². The van der Waals surface area contributed by atoms with Gasteiger partial charge < -0.3 is 0 Å². The Morgan fingerprint density at radius 1 is 1.33 bits per heavy atom. The zero-order valence-electron chi connectivity index (χ0n) is 3.26. The van der Waals surface area contributed by atoms with Gasteiger partial charge in [0.25, 0.3) is 0 Å². The van der Waals surface area contributed by atoms with Crippen LogP contribution >= 0.6 is 0 Å². The van der Waals surface area contributed by atoms with Crippen LogP contribution < -0.4 is 0 Å². The van der Waals surface area contributed by atoms with Gasteiger partial charge in [0.2, 0.25) is 0 Å². The summed E-state index contributed by atoms with van der Waals surface area (Å²) in [6.07, 6.45) is -0.176. The molecule has 0 bridgehead atoms. The third-order valence-electron chi connectivity index (χ3n) is 0.385. The predicted molar refractivity (Wildman–Crippen MR) is 27.1 cm³/mol. The first-order valence-corrected chi connectivity index (χ1v) is 4.07. The van der Waals surface area contributed by atoms with Crippen molar-refractivity contribution in [1.29, 1.82) is 0 Å². The van der Waals surface area contributed by atoms with E-state index >= 15 is 0 Å². The predicted octanol–water partition coefficient (Wildman–Crippen LogP) is -0.479. The Morgan fingerprint density at radius 3 is 1.67 bits per heavy atom. The van der Waals surface area contributed by atoms with Gasteiger partial charge in [0.15, 0.2) is 0 Å². The Balaban J connectivity index is 2.75. The molecule has 0 spiro atoms. The van der Waals surface area contributed by atoms with E-state index in [0.29, 0.717) is 0 Å². The van der Waals surface area contributed by atoms with Crippen LogP contribution in [0.5, 0.6) is 0 Å². The van der Waals surface area contributed by atoms with Crippen molar-refractivity contribution in [3.63, 3.8) is 0 Å². The van der Waals surface area contributed by atoms with Gasteiger partial charge in [-0.3, -0.25) is 0 Å². The van der Waals surface area contributed by atoms with Crippen molar-refractivity contribution < 1.29 is 5.11 Å². The molecule has 0 rings (SSSR count). The minimum absolute atomic E-state index is 0.176. The van der Waals surface area contributed by atoms with Gasteiger partial charge in [-0.05, 0) is 0 Å². The Hall–Kier alpha value is 0.999. The van der Waals surface area contributed by atoms with Crippen molar-refractivity contribution in [3.8, 4) is 0 Å². The summed E-state index contributed by atoms with van der Waals surface area (Å²) in [5.41, 5.74) is 0. The fourth-order valence-electron chi connectivity index (χ4n) is 0.0481. The molecule has 0 aliphatic heterocycles. The minimum atomic E-state index is -0.176. The molecule has 0 aliphatic carbocycles. The molecule has 0 aromatic rings. The summed E-state index contributed by atoms with van der Waals surface area (Å²) in [5, 5.41) is 10.1. The van der Waals surface area contributed by atoms with E-state index in [1.165, 1.54) is 0 Å². The topological polar surface area (TPSA) is 20.2 Å². The summed E-state index contributed by atoms with van der Waals surface area (Å²) in [5.74, 6) is 0. The molecule has 1 N–H and O–H groups in total. The zero-order chi connectivity index (χ0) is 4.99. The van der Waals surface area contributed by atoms with Crippen LogP contribution in [0, 0.1) is 0 Å². The van der Waals surface area contributed by atoms with Crippen LogP contribution in [0.25, 0.3) is 0 Å².